The Morgan fingerprint density at radius 2 is 1.56 bits per heavy atom. The molecular formula is C7H2F7N2. The third-order valence-corrected chi connectivity index (χ3v) is 1.59. The Morgan fingerprint density at radius 1 is 1.00 bits per heavy atom. The van der Waals surface area contributed by atoms with Crippen LogP contribution in [0.1, 0.15) is 5.69 Å². The van der Waals surface area contributed by atoms with Gasteiger partial charge in [-0.1, -0.05) is 0 Å². The molecule has 1 aromatic heterocycles. The van der Waals surface area contributed by atoms with Crippen LogP contribution < -0.4 is 0 Å². The van der Waals surface area contributed by atoms with E-state index < -0.39 is 23.7 Å². The van der Waals surface area contributed by atoms with Gasteiger partial charge in [-0.3, -0.25) is 9.97 Å². The Balaban J connectivity index is 3.22. The number of nitrogens with zero attached hydrogens (tertiary/aromatic N) is 2. The average Bonchev–Trinajstić information content (AvgIpc) is 2.17. The maximum Gasteiger partial charge on any atom is 0.460 e. The van der Waals surface area contributed by atoms with Crippen LogP contribution in [0.4, 0.5) is 30.7 Å². The highest BCUT2D eigenvalue weighted by Gasteiger charge is 2.74. The smallest absolute Gasteiger partial charge is 0.251 e. The van der Waals surface area contributed by atoms with E-state index in [9.17, 15) is 30.7 Å². The van der Waals surface area contributed by atoms with Gasteiger partial charge < -0.3 is 0 Å². The summed E-state index contributed by atoms with van der Waals surface area (Å²) in [6.07, 6.45) is -3.94. The molecule has 1 aromatic rings. The molecule has 16 heavy (non-hydrogen) atoms. The minimum atomic E-state index is -6.38. The van der Waals surface area contributed by atoms with Crippen LogP contribution in [0, 0.1) is 6.20 Å². The van der Waals surface area contributed by atoms with E-state index in [1.54, 1.807) is 0 Å². The van der Waals surface area contributed by atoms with Crippen LogP contribution >= 0.6 is 0 Å². The van der Waals surface area contributed by atoms with E-state index in [0.29, 0.717) is 6.20 Å². The lowest BCUT2D eigenvalue weighted by atomic mass is 10.1. The highest BCUT2D eigenvalue weighted by atomic mass is 19.4. The first kappa shape index (κ1) is 12.7. The van der Waals surface area contributed by atoms with Crippen LogP contribution in [0.2, 0.25) is 0 Å². The van der Waals surface area contributed by atoms with Crippen LogP contribution in [0.15, 0.2) is 12.4 Å². The second-order valence-corrected chi connectivity index (χ2v) is 2.68. The molecule has 0 N–H and O–H groups in total. The van der Waals surface area contributed by atoms with Crippen molar-refractivity contribution in [2.45, 2.75) is 18.0 Å². The molecule has 0 aromatic carbocycles. The minimum absolute atomic E-state index is 0.0969. The lowest BCUT2D eigenvalue weighted by molar-refractivity contribution is -0.360. The molecule has 1 rings (SSSR count). The van der Waals surface area contributed by atoms with Gasteiger partial charge in [0.2, 0.25) is 0 Å². The molecule has 0 aliphatic rings. The first-order chi connectivity index (χ1) is 7.11. The molecule has 0 atom stereocenters. The zero-order valence-corrected chi connectivity index (χ0v) is 7.19. The van der Waals surface area contributed by atoms with Crippen molar-refractivity contribution in [2.75, 3.05) is 0 Å². The predicted octanol–water partition coefficient (Wildman–Crippen LogP) is 2.57. The molecule has 0 aliphatic carbocycles. The van der Waals surface area contributed by atoms with Gasteiger partial charge in [0.15, 0.2) is 0 Å². The van der Waals surface area contributed by atoms with Gasteiger partial charge in [-0.2, -0.15) is 30.7 Å². The van der Waals surface area contributed by atoms with E-state index in [4.69, 9.17) is 0 Å². The Morgan fingerprint density at radius 3 is 1.94 bits per heavy atom. The van der Waals surface area contributed by atoms with E-state index in [1.165, 1.54) is 0 Å². The standard InChI is InChI=1S/C7H2F7N2/c8-5(9,4-3-15-1-2-16-4)6(10,11)7(12,13)14/h2-3H. The van der Waals surface area contributed by atoms with Crippen molar-refractivity contribution in [1.29, 1.82) is 0 Å². The Bertz CT molecular complexity index is 359. The molecule has 0 bridgehead atoms. The van der Waals surface area contributed by atoms with Gasteiger partial charge in [-0.05, 0) is 0 Å². The number of halogens is 7. The molecule has 1 radical (unpaired) electrons. The second-order valence-electron chi connectivity index (χ2n) is 2.68. The van der Waals surface area contributed by atoms with Crippen molar-refractivity contribution in [3.8, 4) is 0 Å². The zero-order chi connectivity index (χ0) is 12.6. The lowest BCUT2D eigenvalue weighted by Gasteiger charge is -2.27. The fourth-order valence-electron chi connectivity index (χ4n) is 0.764. The normalized spacial score (nSPS) is 13.9. The quantitative estimate of drug-likeness (QED) is 0.750. The fourth-order valence-corrected chi connectivity index (χ4v) is 0.764. The third kappa shape index (κ3) is 1.81. The molecule has 0 saturated carbocycles. The molecule has 0 aliphatic heterocycles. The van der Waals surface area contributed by atoms with Gasteiger partial charge in [0.25, 0.3) is 0 Å². The molecule has 0 amide bonds. The van der Waals surface area contributed by atoms with Crippen LogP contribution in [0.5, 0.6) is 0 Å². The van der Waals surface area contributed by atoms with Crippen molar-refractivity contribution in [2.24, 2.45) is 0 Å². The molecule has 0 unspecified atom stereocenters. The average molecular weight is 247 g/mol. The van der Waals surface area contributed by atoms with Gasteiger partial charge in [0.05, 0.1) is 12.4 Å². The largest absolute Gasteiger partial charge is 0.460 e. The summed E-state index contributed by atoms with van der Waals surface area (Å²) in [4.78, 5) is 5.56. The van der Waals surface area contributed by atoms with Gasteiger partial charge in [-0.15, -0.1) is 0 Å². The van der Waals surface area contributed by atoms with Crippen molar-refractivity contribution >= 4 is 0 Å². The highest BCUT2D eigenvalue weighted by Crippen LogP contribution is 2.50. The monoisotopic (exact) mass is 247 g/mol. The molecule has 0 spiro atoms. The molecule has 9 heteroatoms. The SMILES string of the molecule is FC(F)(F)C(F)(F)C(F)(F)c1cn[c]cn1. The van der Waals surface area contributed by atoms with Crippen molar-refractivity contribution in [1.82, 2.24) is 9.97 Å². The van der Waals surface area contributed by atoms with Crippen molar-refractivity contribution in [3.05, 3.63) is 24.3 Å². The van der Waals surface area contributed by atoms with E-state index in [-0.39, 0.29) is 6.20 Å². The summed E-state index contributed by atoms with van der Waals surface area (Å²) in [6.45, 7) is 0. The number of alkyl halides is 7. The van der Waals surface area contributed by atoms with Gasteiger partial charge >= 0.3 is 18.0 Å². The highest BCUT2D eigenvalue weighted by molar-refractivity contribution is 5.10. The van der Waals surface area contributed by atoms with Gasteiger partial charge in [0, 0.05) is 0 Å². The van der Waals surface area contributed by atoms with Crippen molar-refractivity contribution in [3.63, 3.8) is 0 Å². The summed E-state index contributed by atoms with van der Waals surface area (Å²) in [5.41, 5.74) is -1.77. The maximum absolute atomic E-state index is 12.8. The van der Waals surface area contributed by atoms with Crippen LogP contribution in [-0.4, -0.2) is 22.1 Å². The molecular weight excluding hydrogens is 245 g/mol. The van der Waals surface area contributed by atoms with Gasteiger partial charge in [-0.25, -0.2) is 0 Å². The number of rotatable bonds is 2. The summed E-state index contributed by atoms with van der Waals surface area (Å²) in [5.74, 6) is -11.7. The minimum Gasteiger partial charge on any atom is -0.251 e. The van der Waals surface area contributed by atoms with Crippen LogP contribution in [0.25, 0.3) is 0 Å². The van der Waals surface area contributed by atoms with Crippen LogP contribution in [-0.2, 0) is 5.92 Å². The molecule has 89 valence electrons. The first-order valence-corrected chi connectivity index (χ1v) is 3.61. The van der Waals surface area contributed by atoms with E-state index in [2.05, 4.69) is 9.97 Å². The van der Waals surface area contributed by atoms with Crippen LogP contribution in [0.3, 0.4) is 0 Å². The molecule has 0 fully saturated rings. The Kier molecular flexibility index (Phi) is 2.82. The van der Waals surface area contributed by atoms with E-state index in [0.717, 1.165) is 0 Å². The summed E-state index contributed by atoms with van der Waals surface area (Å²) in [6, 6.07) is 0. The number of hydrogen-bond donors (Lipinski definition) is 0. The third-order valence-electron chi connectivity index (χ3n) is 1.59. The molecule has 2 nitrogen and oxygen atoms in total. The molecule has 0 saturated heterocycles. The summed E-state index contributed by atoms with van der Waals surface area (Å²) in [7, 11) is 0. The van der Waals surface area contributed by atoms with Crippen molar-refractivity contribution < 1.29 is 30.7 Å². The summed E-state index contributed by atoms with van der Waals surface area (Å²) in [5, 5.41) is 0. The molecule has 1 heterocycles. The van der Waals surface area contributed by atoms with E-state index in [1.807, 2.05) is 6.20 Å². The summed E-state index contributed by atoms with van der Waals surface area (Å²) < 4.78 is 85.8. The Labute approximate surface area is 84.1 Å². The second kappa shape index (κ2) is 3.56. The Hall–Kier alpha value is -1.41. The zero-order valence-electron chi connectivity index (χ0n) is 7.19. The lowest BCUT2D eigenvalue weighted by Crippen LogP contribution is -2.50. The van der Waals surface area contributed by atoms with E-state index >= 15 is 0 Å². The predicted molar refractivity (Wildman–Crippen MR) is 35.8 cm³/mol. The first-order valence-electron chi connectivity index (χ1n) is 3.61. The number of aromatic nitrogens is 2. The summed E-state index contributed by atoms with van der Waals surface area (Å²) >= 11 is 0. The maximum atomic E-state index is 12.8. The fraction of sp³-hybridized carbons (Fsp3) is 0.429. The topological polar surface area (TPSA) is 25.8 Å². The number of hydrogen-bond acceptors (Lipinski definition) is 2. The van der Waals surface area contributed by atoms with Gasteiger partial charge in [0.1, 0.15) is 11.9 Å².